The lowest BCUT2D eigenvalue weighted by Gasteiger charge is -1.89. The Morgan fingerprint density at radius 3 is 2.86 bits per heavy atom. The number of rotatable bonds is 0. The van der Waals surface area contributed by atoms with E-state index in [4.69, 9.17) is 5.73 Å². The molecule has 1 nitrogen and oxygen atoms in total. The van der Waals surface area contributed by atoms with Gasteiger partial charge in [0, 0.05) is 11.8 Å². The van der Waals surface area contributed by atoms with Gasteiger partial charge in [-0.15, -0.1) is 11.8 Å². The molecule has 0 spiro atoms. The second-order valence-electron chi connectivity index (χ2n) is 1.75. The van der Waals surface area contributed by atoms with Gasteiger partial charge in [-0.05, 0) is 11.8 Å². The van der Waals surface area contributed by atoms with E-state index in [1.165, 1.54) is 4.91 Å². The minimum Gasteiger partial charge on any atom is -0.324 e. The van der Waals surface area contributed by atoms with E-state index in [-0.39, 0.29) is 0 Å². The van der Waals surface area contributed by atoms with Crippen molar-refractivity contribution in [1.82, 2.24) is 0 Å². The molecule has 2 heteroatoms. The number of hydrogen-bond donors (Lipinski definition) is 1. The van der Waals surface area contributed by atoms with Crippen molar-refractivity contribution in [3.05, 3.63) is 11.0 Å². The third-order valence-corrected chi connectivity index (χ3v) is 2.10. The van der Waals surface area contributed by atoms with E-state index in [9.17, 15) is 0 Å². The molecule has 2 N–H and O–H groups in total. The van der Waals surface area contributed by atoms with Gasteiger partial charge in [0.2, 0.25) is 0 Å². The number of thioether (sulfide) groups is 1. The Morgan fingerprint density at radius 1 is 2.00 bits per heavy atom. The van der Waals surface area contributed by atoms with Crippen molar-refractivity contribution in [3.63, 3.8) is 0 Å². The maximum atomic E-state index is 5.53. The van der Waals surface area contributed by atoms with Crippen LogP contribution in [0.2, 0.25) is 0 Å². The van der Waals surface area contributed by atoms with Gasteiger partial charge in [-0.1, -0.05) is 6.08 Å². The molecule has 7 heavy (non-hydrogen) atoms. The molecule has 1 aliphatic heterocycles. The molecular weight excluding hydrogens is 106 g/mol. The molecule has 0 radical (unpaired) electrons. The van der Waals surface area contributed by atoms with Gasteiger partial charge in [0.15, 0.2) is 0 Å². The van der Waals surface area contributed by atoms with Crippen LogP contribution in [0, 0.1) is 0 Å². The van der Waals surface area contributed by atoms with Crippen molar-refractivity contribution in [3.8, 4) is 0 Å². The van der Waals surface area contributed by atoms with E-state index in [0.717, 1.165) is 5.75 Å². The van der Waals surface area contributed by atoms with E-state index in [2.05, 4.69) is 13.0 Å². The number of nitrogens with two attached hydrogens (primary N) is 1. The van der Waals surface area contributed by atoms with Gasteiger partial charge in [0.25, 0.3) is 0 Å². The molecule has 1 unspecified atom stereocenters. The molecular formula is C5H9NS. The van der Waals surface area contributed by atoms with E-state index in [0.29, 0.717) is 6.04 Å². The van der Waals surface area contributed by atoms with Crippen LogP contribution in [0.4, 0.5) is 0 Å². The zero-order valence-electron chi connectivity index (χ0n) is 4.35. The summed E-state index contributed by atoms with van der Waals surface area (Å²) in [6.07, 6.45) is 2.10. The van der Waals surface area contributed by atoms with Crippen molar-refractivity contribution >= 4 is 11.8 Å². The van der Waals surface area contributed by atoms with Gasteiger partial charge < -0.3 is 5.73 Å². The zero-order chi connectivity index (χ0) is 5.28. The summed E-state index contributed by atoms with van der Waals surface area (Å²) in [6.45, 7) is 2.09. The Morgan fingerprint density at radius 2 is 2.71 bits per heavy atom. The zero-order valence-corrected chi connectivity index (χ0v) is 5.16. The minimum atomic E-state index is 0.324. The summed E-state index contributed by atoms with van der Waals surface area (Å²) in [6, 6.07) is 0.324. The van der Waals surface area contributed by atoms with Gasteiger partial charge in [0.1, 0.15) is 0 Å². The van der Waals surface area contributed by atoms with Gasteiger partial charge in [0.05, 0.1) is 0 Å². The van der Waals surface area contributed by atoms with Crippen LogP contribution in [0.25, 0.3) is 0 Å². The van der Waals surface area contributed by atoms with Gasteiger partial charge in [-0.3, -0.25) is 0 Å². The second kappa shape index (κ2) is 1.88. The van der Waals surface area contributed by atoms with Crippen molar-refractivity contribution < 1.29 is 0 Å². The molecule has 40 valence electrons. The highest BCUT2D eigenvalue weighted by Crippen LogP contribution is 2.22. The average molecular weight is 115 g/mol. The third kappa shape index (κ3) is 1.21. The standard InChI is InChI=1S/C5H9NS/c1-4-2-5(6)3-7-4/h2,5H,3,6H2,1H3. The molecule has 0 aromatic rings. The predicted molar refractivity (Wildman–Crippen MR) is 34.2 cm³/mol. The van der Waals surface area contributed by atoms with Crippen molar-refractivity contribution in [1.29, 1.82) is 0 Å². The van der Waals surface area contributed by atoms with Crippen molar-refractivity contribution in [2.24, 2.45) is 5.73 Å². The summed E-state index contributed by atoms with van der Waals surface area (Å²) in [5.41, 5.74) is 5.53. The van der Waals surface area contributed by atoms with Crippen LogP contribution in [-0.4, -0.2) is 11.8 Å². The Kier molecular flexibility index (Phi) is 1.40. The molecule has 0 fully saturated rings. The largest absolute Gasteiger partial charge is 0.324 e. The lowest BCUT2D eigenvalue weighted by molar-refractivity contribution is 0.952. The average Bonchev–Trinajstić information content (AvgIpc) is 1.87. The monoisotopic (exact) mass is 115 g/mol. The molecule has 0 aromatic carbocycles. The highest BCUT2D eigenvalue weighted by Gasteiger charge is 2.06. The fraction of sp³-hybridized carbons (Fsp3) is 0.600. The lowest BCUT2D eigenvalue weighted by atomic mass is 10.3. The fourth-order valence-corrected chi connectivity index (χ4v) is 1.45. The van der Waals surface area contributed by atoms with Crippen LogP contribution in [0.5, 0.6) is 0 Å². The van der Waals surface area contributed by atoms with E-state index >= 15 is 0 Å². The van der Waals surface area contributed by atoms with E-state index < -0.39 is 0 Å². The van der Waals surface area contributed by atoms with Gasteiger partial charge >= 0.3 is 0 Å². The van der Waals surface area contributed by atoms with Crippen LogP contribution in [0.1, 0.15) is 6.92 Å². The number of allylic oxidation sites excluding steroid dienone is 1. The predicted octanol–water partition coefficient (Wildman–Crippen LogP) is 0.964. The van der Waals surface area contributed by atoms with Crippen molar-refractivity contribution in [2.75, 3.05) is 5.75 Å². The molecule has 1 heterocycles. The summed E-state index contributed by atoms with van der Waals surface area (Å²) in [4.78, 5) is 1.37. The minimum absolute atomic E-state index is 0.324. The molecule has 0 aliphatic carbocycles. The van der Waals surface area contributed by atoms with Crippen LogP contribution in [-0.2, 0) is 0 Å². The first-order valence-corrected chi connectivity index (χ1v) is 3.34. The maximum Gasteiger partial charge on any atom is 0.0329 e. The summed E-state index contributed by atoms with van der Waals surface area (Å²) in [5.74, 6) is 1.08. The molecule has 0 saturated carbocycles. The molecule has 0 saturated heterocycles. The SMILES string of the molecule is CC1=CC(N)CS1. The van der Waals surface area contributed by atoms with Crippen LogP contribution in [0.3, 0.4) is 0 Å². The highest BCUT2D eigenvalue weighted by atomic mass is 32.2. The Hall–Kier alpha value is 0.0500. The first-order chi connectivity index (χ1) is 3.29. The molecule has 0 aromatic heterocycles. The first-order valence-electron chi connectivity index (χ1n) is 2.36. The molecule has 1 atom stereocenters. The normalized spacial score (nSPS) is 30.6. The molecule has 1 rings (SSSR count). The summed E-state index contributed by atoms with van der Waals surface area (Å²) in [5, 5.41) is 0. The van der Waals surface area contributed by atoms with Crippen LogP contribution in [0.15, 0.2) is 11.0 Å². The van der Waals surface area contributed by atoms with Crippen LogP contribution < -0.4 is 5.73 Å². The van der Waals surface area contributed by atoms with E-state index in [1.807, 2.05) is 11.8 Å². The topological polar surface area (TPSA) is 26.0 Å². The Bertz CT molecular complexity index is 98.3. The third-order valence-electron chi connectivity index (χ3n) is 0.952. The lowest BCUT2D eigenvalue weighted by Crippen LogP contribution is -2.15. The van der Waals surface area contributed by atoms with Gasteiger partial charge in [-0.2, -0.15) is 0 Å². The Labute approximate surface area is 48.0 Å². The molecule has 0 bridgehead atoms. The quantitative estimate of drug-likeness (QED) is 0.509. The second-order valence-corrected chi connectivity index (χ2v) is 3.02. The maximum absolute atomic E-state index is 5.53. The van der Waals surface area contributed by atoms with E-state index in [1.54, 1.807) is 0 Å². The highest BCUT2D eigenvalue weighted by molar-refractivity contribution is 8.03. The summed E-state index contributed by atoms with van der Waals surface area (Å²) < 4.78 is 0. The summed E-state index contributed by atoms with van der Waals surface area (Å²) >= 11 is 1.84. The number of hydrogen-bond acceptors (Lipinski definition) is 2. The first kappa shape index (κ1) is 5.19. The molecule has 1 aliphatic rings. The fourth-order valence-electron chi connectivity index (χ4n) is 0.625. The van der Waals surface area contributed by atoms with Crippen LogP contribution >= 0.6 is 11.8 Å². The Balaban J connectivity index is 2.50. The van der Waals surface area contributed by atoms with Gasteiger partial charge in [-0.25, -0.2) is 0 Å². The smallest absolute Gasteiger partial charge is 0.0329 e. The van der Waals surface area contributed by atoms with Crippen molar-refractivity contribution in [2.45, 2.75) is 13.0 Å². The summed E-state index contributed by atoms with van der Waals surface area (Å²) in [7, 11) is 0. The molecule has 0 amide bonds.